The molecule has 0 fully saturated rings. The number of fused-ring (bicyclic) bond motifs is 1. The molecule has 16 heavy (non-hydrogen) atoms. The molecule has 0 saturated carbocycles. The van der Waals surface area contributed by atoms with E-state index in [-0.39, 0.29) is 12.4 Å². The van der Waals surface area contributed by atoms with Crippen LogP contribution in [0.5, 0.6) is 0 Å². The van der Waals surface area contributed by atoms with Crippen LogP contribution in [0.15, 0.2) is 24.3 Å². The van der Waals surface area contributed by atoms with Gasteiger partial charge >= 0.3 is 0 Å². The maximum Gasteiger partial charge on any atom is 0.284 e. The number of primary amides is 1. The highest BCUT2D eigenvalue weighted by Crippen LogP contribution is 2.16. The first-order valence-corrected chi connectivity index (χ1v) is 5.10. The molecule has 0 aliphatic heterocycles. The van der Waals surface area contributed by atoms with Crippen molar-refractivity contribution < 1.29 is 9.90 Å². The number of aliphatic hydroxyl groups is 1. The number of carbonyl (C=O) groups excluding carboxylic acids is 1. The molecule has 5 nitrogen and oxygen atoms in total. The SMILES string of the molecule is NC(=O)c1nc2ccccc2n1CCCO. The van der Waals surface area contributed by atoms with Crippen LogP contribution in [0.2, 0.25) is 0 Å². The molecule has 1 aromatic carbocycles. The number of carbonyl (C=O) groups is 1. The maximum absolute atomic E-state index is 11.2. The second-order valence-electron chi connectivity index (χ2n) is 3.52. The maximum atomic E-state index is 11.2. The highest BCUT2D eigenvalue weighted by Gasteiger charge is 2.13. The third-order valence-corrected chi connectivity index (χ3v) is 2.41. The van der Waals surface area contributed by atoms with Gasteiger partial charge in [-0.15, -0.1) is 0 Å². The fourth-order valence-corrected chi connectivity index (χ4v) is 1.72. The molecule has 0 unspecified atom stereocenters. The van der Waals surface area contributed by atoms with Gasteiger partial charge in [-0.3, -0.25) is 4.79 Å². The summed E-state index contributed by atoms with van der Waals surface area (Å²) in [7, 11) is 0. The minimum atomic E-state index is -0.547. The van der Waals surface area contributed by atoms with Crippen LogP contribution >= 0.6 is 0 Å². The average molecular weight is 219 g/mol. The smallest absolute Gasteiger partial charge is 0.284 e. The molecule has 0 aliphatic carbocycles. The van der Waals surface area contributed by atoms with Gasteiger partial charge in [0.1, 0.15) is 0 Å². The summed E-state index contributed by atoms with van der Waals surface area (Å²) in [6.07, 6.45) is 0.570. The fraction of sp³-hybridized carbons (Fsp3) is 0.273. The Bertz CT molecular complexity index is 519. The molecule has 0 radical (unpaired) electrons. The molecule has 0 spiro atoms. The van der Waals surface area contributed by atoms with E-state index in [4.69, 9.17) is 10.8 Å². The molecule has 2 aromatic rings. The summed E-state index contributed by atoms with van der Waals surface area (Å²) in [6.45, 7) is 0.611. The molecule has 2 rings (SSSR count). The number of para-hydroxylation sites is 2. The zero-order valence-electron chi connectivity index (χ0n) is 8.76. The lowest BCUT2D eigenvalue weighted by Crippen LogP contribution is -2.18. The van der Waals surface area contributed by atoms with Gasteiger partial charge in [0, 0.05) is 13.2 Å². The molecule has 1 aromatic heterocycles. The quantitative estimate of drug-likeness (QED) is 0.786. The number of hydrogen-bond donors (Lipinski definition) is 2. The van der Waals surface area contributed by atoms with Gasteiger partial charge in [0.05, 0.1) is 11.0 Å². The van der Waals surface area contributed by atoms with E-state index in [0.29, 0.717) is 13.0 Å². The summed E-state index contributed by atoms with van der Waals surface area (Å²) in [5, 5.41) is 8.82. The lowest BCUT2D eigenvalue weighted by atomic mass is 10.3. The van der Waals surface area contributed by atoms with E-state index < -0.39 is 5.91 Å². The van der Waals surface area contributed by atoms with Crippen LogP contribution in [0.3, 0.4) is 0 Å². The van der Waals surface area contributed by atoms with Gasteiger partial charge in [-0.1, -0.05) is 12.1 Å². The first kappa shape index (κ1) is 10.6. The van der Waals surface area contributed by atoms with E-state index in [9.17, 15) is 4.79 Å². The molecule has 0 bridgehead atoms. The first-order valence-electron chi connectivity index (χ1n) is 5.10. The van der Waals surface area contributed by atoms with Crippen molar-refractivity contribution in [3.05, 3.63) is 30.1 Å². The van der Waals surface area contributed by atoms with Crippen LogP contribution in [0.1, 0.15) is 17.0 Å². The van der Waals surface area contributed by atoms with Crippen molar-refractivity contribution in [1.29, 1.82) is 0 Å². The number of aryl methyl sites for hydroxylation is 1. The first-order chi connectivity index (χ1) is 7.74. The Morgan fingerprint density at radius 2 is 2.19 bits per heavy atom. The van der Waals surface area contributed by atoms with Crippen LogP contribution in [0, 0.1) is 0 Å². The number of aliphatic hydroxyl groups excluding tert-OH is 1. The largest absolute Gasteiger partial charge is 0.396 e. The lowest BCUT2D eigenvalue weighted by molar-refractivity contribution is 0.0986. The van der Waals surface area contributed by atoms with Crippen LogP contribution in [0.25, 0.3) is 11.0 Å². The predicted octanol–water partition coefficient (Wildman–Crippen LogP) is 0.518. The molecule has 0 saturated heterocycles. The predicted molar refractivity (Wildman–Crippen MR) is 60.0 cm³/mol. The van der Waals surface area contributed by atoms with Gasteiger partial charge in [0.15, 0.2) is 5.82 Å². The Morgan fingerprint density at radius 1 is 1.44 bits per heavy atom. The van der Waals surface area contributed by atoms with Crippen molar-refractivity contribution >= 4 is 16.9 Å². The van der Waals surface area contributed by atoms with Crippen LogP contribution in [-0.4, -0.2) is 27.2 Å². The number of imidazole rings is 1. The molecule has 0 aliphatic rings. The fourth-order valence-electron chi connectivity index (χ4n) is 1.72. The van der Waals surface area contributed by atoms with E-state index in [0.717, 1.165) is 11.0 Å². The molecular formula is C11H13N3O2. The minimum absolute atomic E-state index is 0.0741. The second-order valence-corrected chi connectivity index (χ2v) is 3.52. The molecule has 5 heteroatoms. The summed E-state index contributed by atoms with van der Waals surface area (Å²) in [4.78, 5) is 15.4. The summed E-state index contributed by atoms with van der Waals surface area (Å²) >= 11 is 0. The van der Waals surface area contributed by atoms with Crippen LogP contribution < -0.4 is 5.73 Å². The van der Waals surface area contributed by atoms with Crippen molar-refractivity contribution in [2.75, 3.05) is 6.61 Å². The zero-order chi connectivity index (χ0) is 11.5. The summed E-state index contributed by atoms with van der Waals surface area (Å²) in [6, 6.07) is 7.45. The zero-order valence-corrected chi connectivity index (χ0v) is 8.76. The van der Waals surface area contributed by atoms with E-state index in [2.05, 4.69) is 4.98 Å². The molecule has 1 heterocycles. The Morgan fingerprint density at radius 3 is 2.88 bits per heavy atom. The lowest BCUT2D eigenvalue weighted by Gasteiger charge is -2.05. The van der Waals surface area contributed by atoms with Gasteiger partial charge in [-0.25, -0.2) is 4.98 Å². The Balaban J connectivity index is 2.55. The number of benzene rings is 1. The van der Waals surface area contributed by atoms with Crippen molar-refractivity contribution in [2.24, 2.45) is 5.73 Å². The van der Waals surface area contributed by atoms with Crippen LogP contribution in [-0.2, 0) is 6.54 Å². The summed E-state index contributed by atoms with van der Waals surface area (Å²) in [5.41, 5.74) is 6.88. The molecule has 84 valence electrons. The standard InChI is InChI=1S/C11H13N3O2/c12-10(16)11-13-8-4-1-2-5-9(8)14(11)6-3-7-15/h1-2,4-5,15H,3,6-7H2,(H2,12,16). The Kier molecular flexibility index (Phi) is 2.87. The van der Waals surface area contributed by atoms with E-state index in [1.54, 1.807) is 4.57 Å². The van der Waals surface area contributed by atoms with Crippen molar-refractivity contribution in [2.45, 2.75) is 13.0 Å². The summed E-state index contributed by atoms with van der Waals surface area (Å²) < 4.78 is 1.74. The topological polar surface area (TPSA) is 81.1 Å². The van der Waals surface area contributed by atoms with Gasteiger partial charge in [-0.05, 0) is 18.6 Å². The number of aromatic nitrogens is 2. The van der Waals surface area contributed by atoms with E-state index in [1.165, 1.54) is 0 Å². The Hall–Kier alpha value is -1.88. The number of nitrogens with zero attached hydrogens (tertiary/aromatic N) is 2. The number of hydrogen-bond acceptors (Lipinski definition) is 3. The number of amides is 1. The molecule has 3 N–H and O–H groups in total. The Labute approximate surface area is 92.5 Å². The summed E-state index contributed by atoms with van der Waals surface area (Å²) in [5.74, 6) is -0.302. The minimum Gasteiger partial charge on any atom is -0.396 e. The van der Waals surface area contributed by atoms with Crippen molar-refractivity contribution in [3.8, 4) is 0 Å². The number of rotatable bonds is 4. The van der Waals surface area contributed by atoms with E-state index in [1.807, 2.05) is 24.3 Å². The molecule has 0 atom stereocenters. The van der Waals surface area contributed by atoms with Crippen molar-refractivity contribution in [3.63, 3.8) is 0 Å². The highest BCUT2D eigenvalue weighted by molar-refractivity contribution is 5.93. The third-order valence-electron chi connectivity index (χ3n) is 2.41. The van der Waals surface area contributed by atoms with Crippen molar-refractivity contribution in [1.82, 2.24) is 9.55 Å². The van der Waals surface area contributed by atoms with Gasteiger partial charge in [0.2, 0.25) is 0 Å². The van der Waals surface area contributed by atoms with E-state index >= 15 is 0 Å². The number of nitrogens with two attached hydrogens (primary N) is 1. The van der Waals surface area contributed by atoms with Gasteiger partial charge in [0.25, 0.3) is 5.91 Å². The average Bonchev–Trinajstić information content (AvgIpc) is 2.65. The van der Waals surface area contributed by atoms with Gasteiger partial charge in [-0.2, -0.15) is 0 Å². The second kappa shape index (κ2) is 4.32. The monoisotopic (exact) mass is 219 g/mol. The highest BCUT2D eigenvalue weighted by atomic mass is 16.3. The molecular weight excluding hydrogens is 206 g/mol. The normalized spacial score (nSPS) is 10.8. The van der Waals surface area contributed by atoms with Gasteiger partial charge < -0.3 is 15.4 Å². The molecule has 1 amide bonds. The third kappa shape index (κ3) is 1.77. The van der Waals surface area contributed by atoms with Crippen LogP contribution in [0.4, 0.5) is 0 Å².